The molecule has 3 aromatic carbocycles. The molecule has 0 saturated carbocycles. The third kappa shape index (κ3) is 5.47. The Hall–Kier alpha value is -4.22. The Labute approximate surface area is 211 Å². The van der Waals surface area contributed by atoms with Crippen LogP contribution in [0.15, 0.2) is 65.1 Å². The Morgan fingerprint density at radius 1 is 1.03 bits per heavy atom. The van der Waals surface area contributed by atoms with Gasteiger partial charge in [-0.05, 0) is 54.4 Å². The van der Waals surface area contributed by atoms with E-state index in [1.54, 1.807) is 12.1 Å². The zero-order chi connectivity index (χ0) is 26.7. The number of halogens is 1. The van der Waals surface area contributed by atoms with E-state index < -0.39 is 27.7 Å². The summed E-state index contributed by atoms with van der Waals surface area (Å²) in [5, 5.41) is 21.4. The van der Waals surface area contributed by atoms with Gasteiger partial charge in [-0.2, -0.15) is 0 Å². The Balaban J connectivity index is 2.00. The van der Waals surface area contributed by atoms with Crippen LogP contribution in [0.5, 0.6) is 0 Å². The van der Waals surface area contributed by atoms with E-state index in [-0.39, 0.29) is 46.9 Å². The second kappa shape index (κ2) is 10.4. The van der Waals surface area contributed by atoms with E-state index in [4.69, 9.17) is 9.52 Å². The van der Waals surface area contributed by atoms with Crippen LogP contribution >= 0.6 is 0 Å². The van der Waals surface area contributed by atoms with Gasteiger partial charge in [0.1, 0.15) is 17.2 Å². The van der Waals surface area contributed by atoms with Gasteiger partial charge in [-0.15, -0.1) is 0 Å². The summed E-state index contributed by atoms with van der Waals surface area (Å²) < 4.78 is 47.4. The number of nitrogens with one attached hydrogen (secondary N) is 2. The first kappa shape index (κ1) is 25.9. The van der Waals surface area contributed by atoms with Crippen LogP contribution in [0.1, 0.15) is 27.1 Å². The highest BCUT2D eigenvalue weighted by Crippen LogP contribution is 2.40. The molecule has 0 spiro atoms. The van der Waals surface area contributed by atoms with E-state index in [2.05, 4.69) is 10.0 Å². The van der Waals surface area contributed by atoms with E-state index in [0.29, 0.717) is 22.1 Å². The molecule has 1 aromatic heterocycles. The normalized spacial score (nSPS) is 11.4. The lowest BCUT2D eigenvalue weighted by molar-refractivity contribution is 0.0696. The van der Waals surface area contributed by atoms with Crippen molar-refractivity contribution in [3.05, 3.63) is 77.6 Å². The summed E-state index contributed by atoms with van der Waals surface area (Å²) in [5.74, 6) is -2.32. The lowest BCUT2D eigenvalue weighted by atomic mass is 9.97. The fraction of sp³-hybridized carbons (Fsp3) is 0.154. The van der Waals surface area contributed by atoms with Crippen molar-refractivity contribution in [2.75, 3.05) is 24.1 Å². The maximum atomic E-state index is 13.5. The quantitative estimate of drug-likeness (QED) is 0.257. The van der Waals surface area contributed by atoms with E-state index >= 15 is 0 Å². The number of anilines is 1. The average Bonchev–Trinajstić information content (AvgIpc) is 3.25. The first-order valence-corrected chi connectivity index (χ1v) is 12.8. The molecular formula is C26H23FN2O7S. The number of hydrogen-bond acceptors (Lipinski definition) is 6. The van der Waals surface area contributed by atoms with Crippen molar-refractivity contribution in [3.8, 4) is 22.5 Å². The molecule has 0 atom stereocenters. The Bertz CT molecular complexity index is 1600. The molecule has 11 heteroatoms. The van der Waals surface area contributed by atoms with Crippen LogP contribution < -0.4 is 10.0 Å². The summed E-state index contributed by atoms with van der Waals surface area (Å²) in [6, 6.07) is 14.2. The zero-order valence-electron chi connectivity index (χ0n) is 19.6. The maximum absolute atomic E-state index is 13.5. The lowest BCUT2D eigenvalue weighted by Crippen LogP contribution is -2.19. The molecule has 0 aliphatic rings. The molecule has 1 heterocycles. The number of carboxylic acid groups (broad SMARTS) is 1. The van der Waals surface area contributed by atoms with Crippen LogP contribution in [0.25, 0.3) is 33.4 Å². The standard InChI is InChI=1S/C26H23FN2O7S/c1-28-25(31)23-20-13-19(16-4-2-5-17(12-16)26(32)33)21(29-37(34,35)11-3-10-30)14-22(20)36-24(23)15-6-8-18(27)9-7-15/h2,4-9,12-14,29-30H,3,10-11H2,1H3,(H,28,31)(H,32,33). The zero-order valence-corrected chi connectivity index (χ0v) is 20.4. The molecule has 192 valence electrons. The molecule has 0 fully saturated rings. The molecular weight excluding hydrogens is 503 g/mol. The van der Waals surface area contributed by atoms with Crippen molar-refractivity contribution in [1.82, 2.24) is 5.32 Å². The first-order valence-electron chi connectivity index (χ1n) is 11.2. The first-order chi connectivity index (χ1) is 17.6. The lowest BCUT2D eigenvalue weighted by Gasteiger charge is -2.14. The van der Waals surface area contributed by atoms with Crippen LogP contribution in [0, 0.1) is 5.82 Å². The maximum Gasteiger partial charge on any atom is 0.335 e. The minimum absolute atomic E-state index is 0.0116. The predicted molar refractivity (Wildman–Crippen MR) is 137 cm³/mol. The number of furan rings is 1. The summed E-state index contributed by atoms with van der Waals surface area (Å²) in [7, 11) is -2.45. The number of amides is 1. The number of aromatic carboxylic acids is 1. The highest BCUT2D eigenvalue weighted by molar-refractivity contribution is 7.92. The number of rotatable bonds is 9. The second-order valence-corrected chi connectivity index (χ2v) is 10.0. The Morgan fingerprint density at radius 3 is 2.41 bits per heavy atom. The van der Waals surface area contributed by atoms with Crippen molar-refractivity contribution in [2.45, 2.75) is 6.42 Å². The third-order valence-corrected chi connectivity index (χ3v) is 7.00. The van der Waals surface area contributed by atoms with E-state index in [1.807, 2.05) is 0 Å². The fourth-order valence-electron chi connectivity index (χ4n) is 3.91. The number of benzene rings is 3. The van der Waals surface area contributed by atoms with Gasteiger partial charge < -0.3 is 19.9 Å². The van der Waals surface area contributed by atoms with E-state index in [1.165, 1.54) is 55.6 Å². The van der Waals surface area contributed by atoms with Crippen LogP contribution in [0.2, 0.25) is 0 Å². The summed E-state index contributed by atoms with van der Waals surface area (Å²) in [6.45, 7) is -0.317. The molecule has 4 aromatic rings. The number of sulfonamides is 1. The van der Waals surface area contributed by atoms with Gasteiger partial charge in [0.2, 0.25) is 10.0 Å². The predicted octanol–water partition coefficient (Wildman–Crippen LogP) is 4.09. The van der Waals surface area contributed by atoms with Crippen LogP contribution in [0.3, 0.4) is 0 Å². The topological polar surface area (TPSA) is 146 Å². The second-order valence-electron chi connectivity index (χ2n) is 8.17. The molecule has 37 heavy (non-hydrogen) atoms. The number of aliphatic hydroxyl groups is 1. The van der Waals surface area contributed by atoms with Gasteiger partial charge in [0.25, 0.3) is 5.91 Å². The van der Waals surface area contributed by atoms with Crippen molar-refractivity contribution in [3.63, 3.8) is 0 Å². The van der Waals surface area contributed by atoms with Crippen molar-refractivity contribution >= 4 is 38.6 Å². The molecule has 0 aliphatic carbocycles. The number of carbonyl (C=O) groups excluding carboxylic acids is 1. The number of fused-ring (bicyclic) bond motifs is 1. The molecule has 0 aliphatic heterocycles. The Kier molecular flexibility index (Phi) is 7.28. The molecule has 9 nitrogen and oxygen atoms in total. The minimum atomic E-state index is -3.89. The van der Waals surface area contributed by atoms with Crippen LogP contribution in [-0.2, 0) is 10.0 Å². The molecule has 0 radical (unpaired) electrons. The minimum Gasteiger partial charge on any atom is -0.478 e. The van der Waals surface area contributed by atoms with Gasteiger partial charge in [0, 0.05) is 36.2 Å². The van der Waals surface area contributed by atoms with Crippen LogP contribution in [0.4, 0.5) is 10.1 Å². The highest BCUT2D eigenvalue weighted by Gasteiger charge is 2.25. The largest absolute Gasteiger partial charge is 0.478 e. The summed E-state index contributed by atoms with van der Waals surface area (Å²) >= 11 is 0. The van der Waals surface area contributed by atoms with Gasteiger partial charge in [-0.25, -0.2) is 17.6 Å². The van der Waals surface area contributed by atoms with Gasteiger partial charge in [0.05, 0.1) is 22.6 Å². The molecule has 0 saturated heterocycles. The van der Waals surface area contributed by atoms with Crippen molar-refractivity contribution in [2.24, 2.45) is 0 Å². The summed E-state index contributed by atoms with van der Waals surface area (Å²) in [6.07, 6.45) is 0.0116. The SMILES string of the molecule is CNC(=O)c1c(-c2ccc(F)cc2)oc2cc(NS(=O)(=O)CCCO)c(-c3cccc(C(=O)O)c3)cc12. The number of hydrogen-bond donors (Lipinski definition) is 4. The fourth-order valence-corrected chi connectivity index (χ4v) is 5.03. The molecule has 0 bridgehead atoms. The molecule has 4 N–H and O–H groups in total. The average molecular weight is 527 g/mol. The molecule has 4 rings (SSSR count). The summed E-state index contributed by atoms with van der Waals surface area (Å²) in [4.78, 5) is 24.5. The van der Waals surface area contributed by atoms with Gasteiger partial charge in [0.15, 0.2) is 0 Å². The van der Waals surface area contributed by atoms with Crippen molar-refractivity contribution < 1.29 is 37.0 Å². The van der Waals surface area contributed by atoms with Gasteiger partial charge in [-0.1, -0.05) is 12.1 Å². The van der Waals surface area contributed by atoms with Gasteiger partial charge >= 0.3 is 5.97 Å². The number of aliphatic hydroxyl groups excluding tert-OH is 1. The van der Waals surface area contributed by atoms with E-state index in [0.717, 1.165) is 0 Å². The smallest absolute Gasteiger partial charge is 0.335 e. The number of carbonyl (C=O) groups is 2. The number of carboxylic acids is 1. The summed E-state index contributed by atoms with van der Waals surface area (Å²) in [5.41, 5.74) is 1.52. The highest BCUT2D eigenvalue weighted by atomic mass is 32.2. The molecule has 1 amide bonds. The molecule has 0 unspecified atom stereocenters. The van der Waals surface area contributed by atoms with Crippen molar-refractivity contribution in [1.29, 1.82) is 0 Å². The third-order valence-electron chi connectivity index (χ3n) is 5.65. The monoisotopic (exact) mass is 526 g/mol. The van der Waals surface area contributed by atoms with E-state index in [9.17, 15) is 27.5 Å². The van der Waals surface area contributed by atoms with Crippen LogP contribution in [-0.4, -0.2) is 49.9 Å². The van der Waals surface area contributed by atoms with Gasteiger partial charge in [-0.3, -0.25) is 9.52 Å². The Morgan fingerprint density at radius 2 is 1.76 bits per heavy atom.